The van der Waals surface area contributed by atoms with Crippen LogP contribution in [-0.2, 0) is 11.3 Å². The van der Waals surface area contributed by atoms with Crippen LogP contribution in [0.3, 0.4) is 0 Å². The van der Waals surface area contributed by atoms with E-state index in [4.69, 9.17) is 4.74 Å². The zero-order valence-electron chi connectivity index (χ0n) is 13.8. The average molecular weight is 314 g/mol. The van der Waals surface area contributed by atoms with Gasteiger partial charge in [0, 0.05) is 31.2 Å². The molecule has 0 spiro atoms. The number of hydrogen-bond donors (Lipinski definition) is 0. The number of rotatable bonds is 3. The number of morpholine rings is 1. The van der Waals surface area contributed by atoms with Crippen molar-refractivity contribution >= 4 is 5.91 Å². The quantitative estimate of drug-likeness (QED) is 0.871. The third kappa shape index (κ3) is 3.27. The zero-order chi connectivity index (χ0) is 16.4. The van der Waals surface area contributed by atoms with Gasteiger partial charge < -0.3 is 9.64 Å². The first-order valence-corrected chi connectivity index (χ1v) is 7.96. The molecular weight excluding hydrogens is 292 g/mol. The fourth-order valence-corrected chi connectivity index (χ4v) is 2.86. The van der Waals surface area contributed by atoms with Gasteiger partial charge in [-0.1, -0.05) is 0 Å². The van der Waals surface area contributed by atoms with Crippen molar-refractivity contribution in [2.75, 3.05) is 19.7 Å². The van der Waals surface area contributed by atoms with Crippen molar-refractivity contribution in [3.8, 4) is 0 Å². The van der Waals surface area contributed by atoms with E-state index < -0.39 is 0 Å². The van der Waals surface area contributed by atoms with Gasteiger partial charge in [-0.25, -0.2) is 0 Å². The van der Waals surface area contributed by atoms with E-state index in [0.717, 1.165) is 23.5 Å². The molecule has 1 atom stereocenters. The molecule has 0 N–H and O–H groups in total. The molecule has 6 heteroatoms. The lowest BCUT2D eigenvalue weighted by Crippen LogP contribution is -2.42. The van der Waals surface area contributed by atoms with Crippen molar-refractivity contribution in [3.05, 3.63) is 47.0 Å². The second-order valence-corrected chi connectivity index (χ2v) is 5.83. The Kier molecular flexibility index (Phi) is 4.43. The van der Waals surface area contributed by atoms with Gasteiger partial charge in [-0.05, 0) is 38.5 Å². The number of aryl methyl sites for hydroxylation is 3. The summed E-state index contributed by atoms with van der Waals surface area (Å²) >= 11 is 0. The van der Waals surface area contributed by atoms with E-state index in [1.807, 2.05) is 44.0 Å². The van der Waals surface area contributed by atoms with Crippen LogP contribution < -0.4 is 0 Å². The Morgan fingerprint density at radius 1 is 1.43 bits per heavy atom. The van der Waals surface area contributed by atoms with E-state index in [1.165, 1.54) is 0 Å². The molecule has 0 saturated carbocycles. The molecule has 3 heterocycles. The lowest BCUT2D eigenvalue weighted by molar-refractivity contribution is -0.0229. The molecule has 0 radical (unpaired) electrons. The highest BCUT2D eigenvalue weighted by atomic mass is 16.5. The van der Waals surface area contributed by atoms with Crippen molar-refractivity contribution in [1.82, 2.24) is 19.7 Å². The number of aromatic nitrogens is 3. The normalized spacial score (nSPS) is 18.2. The summed E-state index contributed by atoms with van der Waals surface area (Å²) in [4.78, 5) is 18.9. The standard InChI is InChI=1S/C17H22N4O2/c1-4-21-10-15(13(3)19-21)17(22)20-7-8-23-16(11-20)14-5-6-18-12(2)9-14/h5-6,9-10,16H,4,7-8,11H2,1-3H3. The molecule has 0 aromatic carbocycles. The van der Waals surface area contributed by atoms with E-state index in [1.54, 1.807) is 10.9 Å². The van der Waals surface area contributed by atoms with E-state index in [2.05, 4.69) is 10.1 Å². The van der Waals surface area contributed by atoms with Crippen molar-refractivity contribution < 1.29 is 9.53 Å². The topological polar surface area (TPSA) is 60.2 Å². The molecule has 1 saturated heterocycles. The average Bonchev–Trinajstić information content (AvgIpc) is 2.95. The second-order valence-electron chi connectivity index (χ2n) is 5.83. The number of nitrogens with zero attached hydrogens (tertiary/aromatic N) is 4. The van der Waals surface area contributed by atoms with Crippen molar-refractivity contribution in [3.63, 3.8) is 0 Å². The van der Waals surface area contributed by atoms with E-state index in [-0.39, 0.29) is 12.0 Å². The van der Waals surface area contributed by atoms with Gasteiger partial charge in [-0.3, -0.25) is 14.5 Å². The van der Waals surface area contributed by atoms with Crippen LogP contribution in [0.1, 0.15) is 40.3 Å². The third-order valence-electron chi connectivity index (χ3n) is 4.15. The maximum atomic E-state index is 12.8. The van der Waals surface area contributed by atoms with Crippen LogP contribution in [0.25, 0.3) is 0 Å². The maximum absolute atomic E-state index is 12.8. The maximum Gasteiger partial charge on any atom is 0.257 e. The summed E-state index contributed by atoms with van der Waals surface area (Å²) in [6, 6.07) is 3.96. The second kappa shape index (κ2) is 6.50. The molecular formula is C17H22N4O2. The summed E-state index contributed by atoms with van der Waals surface area (Å²) < 4.78 is 7.65. The molecule has 3 rings (SSSR count). The Hall–Kier alpha value is -2.21. The van der Waals surface area contributed by atoms with Gasteiger partial charge in [-0.15, -0.1) is 0 Å². The van der Waals surface area contributed by atoms with Crippen LogP contribution in [0.4, 0.5) is 0 Å². The molecule has 2 aromatic rings. The molecule has 1 amide bonds. The molecule has 122 valence electrons. The summed E-state index contributed by atoms with van der Waals surface area (Å²) in [5.74, 6) is 0.0290. The first-order valence-electron chi connectivity index (χ1n) is 7.96. The predicted molar refractivity (Wildman–Crippen MR) is 86.2 cm³/mol. The Morgan fingerprint density at radius 2 is 2.26 bits per heavy atom. The van der Waals surface area contributed by atoms with Crippen LogP contribution in [-0.4, -0.2) is 45.3 Å². The first kappa shape index (κ1) is 15.7. The highest BCUT2D eigenvalue weighted by molar-refractivity contribution is 5.95. The van der Waals surface area contributed by atoms with Crippen LogP contribution in [0.5, 0.6) is 0 Å². The predicted octanol–water partition coefficient (Wildman–Crippen LogP) is 2.13. The summed E-state index contributed by atoms with van der Waals surface area (Å²) in [6.07, 6.45) is 3.51. The first-order chi connectivity index (χ1) is 11.1. The van der Waals surface area contributed by atoms with Gasteiger partial charge >= 0.3 is 0 Å². The Labute approximate surface area is 136 Å². The molecule has 1 aliphatic rings. The van der Waals surface area contributed by atoms with E-state index in [0.29, 0.717) is 25.3 Å². The van der Waals surface area contributed by atoms with Gasteiger partial charge in [0.15, 0.2) is 0 Å². The lowest BCUT2D eigenvalue weighted by Gasteiger charge is -2.33. The summed E-state index contributed by atoms with van der Waals surface area (Å²) in [7, 11) is 0. The fraction of sp³-hybridized carbons (Fsp3) is 0.471. The smallest absolute Gasteiger partial charge is 0.257 e. The Balaban J connectivity index is 1.77. The Bertz CT molecular complexity index is 710. The largest absolute Gasteiger partial charge is 0.370 e. The minimum absolute atomic E-state index is 0.0290. The molecule has 2 aromatic heterocycles. The van der Waals surface area contributed by atoms with Gasteiger partial charge in [0.25, 0.3) is 5.91 Å². The number of pyridine rings is 1. The number of hydrogen-bond acceptors (Lipinski definition) is 4. The van der Waals surface area contributed by atoms with Gasteiger partial charge in [0.2, 0.25) is 0 Å². The van der Waals surface area contributed by atoms with Gasteiger partial charge in [-0.2, -0.15) is 5.10 Å². The van der Waals surface area contributed by atoms with E-state index in [9.17, 15) is 4.79 Å². The minimum Gasteiger partial charge on any atom is -0.370 e. The van der Waals surface area contributed by atoms with Crippen molar-refractivity contribution in [2.45, 2.75) is 33.4 Å². The van der Waals surface area contributed by atoms with Crippen LogP contribution in [0.15, 0.2) is 24.5 Å². The van der Waals surface area contributed by atoms with Gasteiger partial charge in [0.05, 0.1) is 24.4 Å². The number of carbonyl (C=O) groups excluding carboxylic acids is 1. The summed E-state index contributed by atoms with van der Waals surface area (Å²) in [5, 5.41) is 4.36. The molecule has 1 fully saturated rings. The monoisotopic (exact) mass is 314 g/mol. The van der Waals surface area contributed by atoms with E-state index >= 15 is 0 Å². The molecule has 1 unspecified atom stereocenters. The molecule has 1 aliphatic heterocycles. The molecule has 0 bridgehead atoms. The highest BCUT2D eigenvalue weighted by Crippen LogP contribution is 2.24. The zero-order valence-corrected chi connectivity index (χ0v) is 13.8. The summed E-state index contributed by atoms with van der Waals surface area (Å²) in [5.41, 5.74) is 3.48. The minimum atomic E-state index is -0.101. The fourth-order valence-electron chi connectivity index (χ4n) is 2.86. The van der Waals surface area contributed by atoms with Crippen molar-refractivity contribution in [1.29, 1.82) is 0 Å². The highest BCUT2D eigenvalue weighted by Gasteiger charge is 2.28. The van der Waals surface area contributed by atoms with Crippen LogP contribution in [0.2, 0.25) is 0 Å². The number of ether oxygens (including phenoxy) is 1. The molecule has 6 nitrogen and oxygen atoms in total. The lowest BCUT2D eigenvalue weighted by atomic mass is 10.1. The van der Waals surface area contributed by atoms with Crippen molar-refractivity contribution in [2.24, 2.45) is 0 Å². The third-order valence-corrected chi connectivity index (χ3v) is 4.15. The Morgan fingerprint density at radius 3 is 2.96 bits per heavy atom. The summed E-state index contributed by atoms with van der Waals surface area (Å²) in [6.45, 7) is 8.31. The molecule has 23 heavy (non-hydrogen) atoms. The molecule has 0 aliphatic carbocycles. The SMILES string of the molecule is CCn1cc(C(=O)N2CCOC(c3ccnc(C)c3)C2)c(C)n1. The van der Waals surface area contributed by atoms with Crippen LogP contribution in [0, 0.1) is 13.8 Å². The van der Waals surface area contributed by atoms with Crippen LogP contribution >= 0.6 is 0 Å². The number of amides is 1. The van der Waals surface area contributed by atoms with Gasteiger partial charge in [0.1, 0.15) is 6.10 Å². The number of carbonyl (C=O) groups is 1.